The average Bonchev–Trinajstić information content (AvgIpc) is 3.35. The molecule has 26 heavy (non-hydrogen) atoms. The molecule has 0 amide bonds. The molecule has 2 aromatic heterocycles. The van der Waals surface area contributed by atoms with E-state index < -0.39 is 10.0 Å². The molecule has 4 aromatic rings. The summed E-state index contributed by atoms with van der Waals surface area (Å²) in [4.78, 5) is 1.30. The van der Waals surface area contributed by atoms with Crippen molar-refractivity contribution in [2.75, 3.05) is 0 Å². The highest BCUT2D eigenvalue weighted by molar-refractivity contribution is 7.89. The summed E-state index contributed by atoms with van der Waals surface area (Å²) >= 11 is 1.55. The number of fused-ring (bicyclic) bond motifs is 1. The summed E-state index contributed by atoms with van der Waals surface area (Å²) in [6, 6.07) is 18.7. The molecule has 0 fully saturated rings. The fourth-order valence-electron chi connectivity index (χ4n) is 2.87. The van der Waals surface area contributed by atoms with Gasteiger partial charge in [-0.15, -0.1) is 11.3 Å². The lowest BCUT2D eigenvalue weighted by Crippen LogP contribution is -2.29. The van der Waals surface area contributed by atoms with Crippen LogP contribution >= 0.6 is 11.3 Å². The van der Waals surface area contributed by atoms with E-state index in [1.165, 1.54) is 4.31 Å². The first-order valence-corrected chi connectivity index (χ1v) is 10.5. The Balaban J connectivity index is 1.73. The zero-order valence-electron chi connectivity index (χ0n) is 13.9. The minimum Gasteiger partial charge on any atom is -0.472 e. The Morgan fingerprint density at radius 3 is 2.50 bits per heavy atom. The van der Waals surface area contributed by atoms with Crippen LogP contribution in [-0.4, -0.2) is 12.7 Å². The van der Waals surface area contributed by atoms with E-state index in [0.717, 1.165) is 21.2 Å². The van der Waals surface area contributed by atoms with E-state index in [4.69, 9.17) is 4.42 Å². The lowest BCUT2D eigenvalue weighted by Gasteiger charge is -2.21. The van der Waals surface area contributed by atoms with Gasteiger partial charge in [0.05, 0.1) is 17.4 Å². The highest BCUT2D eigenvalue weighted by Crippen LogP contribution is 2.25. The monoisotopic (exact) mass is 383 g/mol. The van der Waals surface area contributed by atoms with Gasteiger partial charge in [-0.2, -0.15) is 4.31 Å². The number of hydrogen-bond donors (Lipinski definition) is 0. The fourth-order valence-corrected chi connectivity index (χ4v) is 5.11. The van der Waals surface area contributed by atoms with E-state index in [1.807, 2.05) is 47.8 Å². The lowest BCUT2D eigenvalue weighted by molar-refractivity contribution is 0.402. The zero-order valence-corrected chi connectivity index (χ0v) is 15.5. The first-order chi connectivity index (χ1) is 12.6. The summed E-state index contributed by atoms with van der Waals surface area (Å²) in [6.07, 6.45) is 3.14. The summed E-state index contributed by atoms with van der Waals surface area (Å²) in [5.74, 6) is 0. The molecule has 132 valence electrons. The minimum absolute atomic E-state index is 0.267. The number of nitrogens with zero attached hydrogens (tertiary/aromatic N) is 1. The third-order valence-corrected chi connectivity index (χ3v) is 6.86. The van der Waals surface area contributed by atoms with Gasteiger partial charge in [0.25, 0.3) is 0 Å². The van der Waals surface area contributed by atoms with Crippen LogP contribution in [0.25, 0.3) is 10.8 Å². The molecule has 2 aromatic carbocycles. The largest absolute Gasteiger partial charge is 0.472 e. The van der Waals surface area contributed by atoms with E-state index in [0.29, 0.717) is 11.4 Å². The predicted octanol–water partition coefficient (Wildman–Crippen LogP) is 4.89. The molecule has 0 N–H and O–H groups in total. The fraction of sp³-hybridized carbons (Fsp3) is 0.100. The molecule has 0 atom stereocenters. The third kappa shape index (κ3) is 3.44. The summed E-state index contributed by atoms with van der Waals surface area (Å²) in [7, 11) is -3.65. The summed E-state index contributed by atoms with van der Waals surface area (Å²) in [5, 5.41) is 3.88. The predicted molar refractivity (Wildman–Crippen MR) is 103 cm³/mol. The molecule has 0 saturated heterocycles. The van der Waals surface area contributed by atoms with Crippen LogP contribution in [-0.2, 0) is 23.1 Å². The van der Waals surface area contributed by atoms with Gasteiger partial charge in [-0.1, -0.05) is 36.4 Å². The number of benzene rings is 2. The Morgan fingerprint density at radius 1 is 0.923 bits per heavy atom. The Hall–Kier alpha value is -2.41. The summed E-state index contributed by atoms with van der Waals surface area (Å²) < 4.78 is 33.3. The highest BCUT2D eigenvalue weighted by Gasteiger charge is 2.26. The number of sulfonamides is 1. The van der Waals surface area contributed by atoms with Crippen LogP contribution in [0.3, 0.4) is 0 Å². The summed E-state index contributed by atoms with van der Waals surface area (Å²) in [5.41, 5.74) is 0.825. The van der Waals surface area contributed by atoms with Gasteiger partial charge in [0.2, 0.25) is 10.0 Å². The standard InChI is InChI=1S/C20H17NO3S2/c22-26(23,20-8-7-17-4-1-2-5-18(17)12-20)21(13-16-9-10-24-15-16)14-19-6-3-11-25-19/h1-12,15H,13-14H2. The van der Waals surface area contributed by atoms with Gasteiger partial charge < -0.3 is 4.42 Å². The first-order valence-electron chi connectivity index (χ1n) is 8.15. The summed E-state index contributed by atoms with van der Waals surface area (Å²) in [6.45, 7) is 0.599. The number of thiophene rings is 1. The van der Waals surface area contributed by atoms with Crippen molar-refractivity contribution in [3.63, 3.8) is 0 Å². The maximum atomic E-state index is 13.3. The molecule has 0 aliphatic carbocycles. The second-order valence-corrected chi connectivity index (χ2v) is 8.96. The molecule has 0 radical (unpaired) electrons. The Kier molecular flexibility index (Phi) is 4.63. The quantitative estimate of drug-likeness (QED) is 0.476. The van der Waals surface area contributed by atoms with Crippen molar-refractivity contribution in [1.29, 1.82) is 0 Å². The molecule has 0 spiro atoms. The van der Waals surface area contributed by atoms with Crippen LogP contribution in [0.5, 0.6) is 0 Å². The average molecular weight is 383 g/mol. The Morgan fingerprint density at radius 2 is 1.77 bits per heavy atom. The Labute approximate surface area is 156 Å². The molecule has 6 heteroatoms. The molecule has 0 aliphatic heterocycles. The Bertz CT molecular complexity index is 1060. The van der Waals surface area contributed by atoms with Gasteiger partial charge >= 0.3 is 0 Å². The van der Waals surface area contributed by atoms with Gasteiger partial charge in [-0.3, -0.25) is 0 Å². The molecule has 0 aliphatic rings. The van der Waals surface area contributed by atoms with Crippen molar-refractivity contribution in [1.82, 2.24) is 4.31 Å². The van der Waals surface area contributed by atoms with E-state index >= 15 is 0 Å². The smallest absolute Gasteiger partial charge is 0.243 e. The van der Waals surface area contributed by atoms with E-state index in [-0.39, 0.29) is 6.54 Å². The maximum absolute atomic E-state index is 13.3. The van der Waals surface area contributed by atoms with Gasteiger partial charge in [-0.25, -0.2) is 8.42 Å². The third-order valence-electron chi connectivity index (χ3n) is 4.21. The molecule has 0 saturated carbocycles. The topological polar surface area (TPSA) is 50.5 Å². The first kappa shape index (κ1) is 17.0. The van der Waals surface area contributed by atoms with Crippen molar-refractivity contribution >= 4 is 32.1 Å². The maximum Gasteiger partial charge on any atom is 0.243 e. The van der Waals surface area contributed by atoms with Crippen molar-refractivity contribution in [3.8, 4) is 0 Å². The molecule has 4 nitrogen and oxygen atoms in total. The second-order valence-electron chi connectivity index (χ2n) is 5.99. The van der Waals surface area contributed by atoms with Gasteiger partial charge in [-0.05, 0) is 40.4 Å². The number of furan rings is 1. The molecule has 4 rings (SSSR count). The highest BCUT2D eigenvalue weighted by atomic mass is 32.2. The SMILES string of the molecule is O=S(=O)(c1ccc2ccccc2c1)N(Cc1ccoc1)Cc1cccs1. The van der Waals surface area contributed by atoms with Crippen molar-refractivity contribution in [3.05, 3.63) is 89.0 Å². The number of hydrogen-bond acceptors (Lipinski definition) is 4. The van der Waals surface area contributed by atoms with Crippen LogP contribution in [0.1, 0.15) is 10.4 Å². The normalized spacial score (nSPS) is 12.0. The molecule has 0 bridgehead atoms. The van der Waals surface area contributed by atoms with Crippen LogP contribution in [0.15, 0.2) is 87.9 Å². The van der Waals surface area contributed by atoms with E-state index in [2.05, 4.69) is 0 Å². The zero-order chi connectivity index (χ0) is 18.0. The molecular weight excluding hydrogens is 366 g/mol. The number of rotatable bonds is 6. The minimum atomic E-state index is -3.65. The van der Waals surface area contributed by atoms with Crippen LogP contribution in [0, 0.1) is 0 Å². The molecule has 0 unspecified atom stereocenters. The van der Waals surface area contributed by atoms with Crippen LogP contribution < -0.4 is 0 Å². The second kappa shape index (κ2) is 7.07. The van der Waals surface area contributed by atoms with Gasteiger partial charge in [0.15, 0.2) is 0 Å². The molecule has 2 heterocycles. The van der Waals surface area contributed by atoms with E-state index in [9.17, 15) is 8.42 Å². The van der Waals surface area contributed by atoms with Gasteiger partial charge in [0, 0.05) is 23.5 Å². The van der Waals surface area contributed by atoms with Crippen molar-refractivity contribution in [2.24, 2.45) is 0 Å². The van der Waals surface area contributed by atoms with Crippen molar-refractivity contribution < 1.29 is 12.8 Å². The van der Waals surface area contributed by atoms with Crippen LogP contribution in [0.4, 0.5) is 0 Å². The lowest BCUT2D eigenvalue weighted by atomic mass is 10.1. The van der Waals surface area contributed by atoms with E-state index in [1.54, 1.807) is 42.1 Å². The van der Waals surface area contributed by atoms with Crippen molar-refractivity contribution in [2.45, 2.75) is 18.0 Å². The van der Waals surface area contributed by atoms with Gasteiger partial charge in [0.1, 0.15) is 0 Å². The van der Waals surface area contributed by atoms with Crippen LogP contribution in [0.2, 0.25) is 0 Å². The molecular formula is C20H17NO3S2.